The van der Waals surface area contributed by atoms with E-state index in [1.807, 2.05) is 0 Å². The summed E-state index contributed by atoms with van der Waals surface area (Å²) in [5.74, 6) is 0. The first-order valence-electron chi connectivity index (χ1n) is 5.09. The topological polar surface area (TPSA) is 6.02 Å². The summed E-state index contributed by atoms with van der Waals surface area (Å²) in [7, 11) is 0. The average molecular weight is 300 g/mol. The van der Waals surface area contributed by atoms with Crippen molar-refractivity contribution in [3.05, 3.63) is 33.4 Å². The monoisotopic (exact) mass is 300 g/mol. The molecule has 0 bridgehead atoms. The van der Waals surface area contributed by atoms with Gasteiger partial charge in [0.25, 0.3) is 0 Å². The van der Waals surface area contributed by atoms with E-state index in [0.717, 1.165) is 0 Å². The number of nitrogens with zero attached hydrogens (tertiary/aromatic N) is 2. The Morgan fingerprint density at radius 1 is 1.00 bits per heavy atom. The van der Waals surface area contributed by atoms with Crippen LogP contribution in [0.5, 0.6) is 0 Å². The highest BCUT2D eigenvalue weighted by Gasteiger charge is 2.38. The Kier molecular flexibility index (Phi) is 2.26. The van der Waals surface area contributed by atoms with Crippen LogP contribution in [0.25, 0.3) is 0 Å². The van der Waals surface area contributed by atoms with E-state index in [0.29, 0.717) is 6.17 Å². The second kappa shape index (κ2) is 3.47. The van der Waals surface area contributed by atoms with Gasteiger partial charge in [-0.05, 0) is 34.2 Å². The van der Waals surface area contributed by atoms with Crippen molar-refractivity contribution in [1.29, 1.82) is 0 Å². The molecule has 2 heterocycles. The van der Waals surface area contributed by atoms with Crippen molar-refractivity contribution >= 4 is 22.6 Å². The van der Waals surface area contributed by atoms with Gasteiger partial charge < -0.3 is 0 Å². The van der Waals surface area contributed by atoms with E-state index in [-0.39, 0.29) is 0 Å². The largest absolute Gasteiger partial charge is 0.282 e. The van der Waals surface area contributed by atoms with E-state index in [2.05, 4.69) is 56.7 Å². The SMILES string of the molecule is Ic1ccccc1C(N1CC1)N1CC1. The Bertz CT molecular complexity index is 333. The molecule has 14 heavy (non-hydrogen) atoms. The summed E-state index contributed by atoms with van der Waals surface area (Å²) in [4.78, 5) is 5.06. The molecule has 0 spiro atoms. The molecule has 2 fully saturated rings. The first-order chi connectivity index (χ1) is 6.86. The zero-order valence-electron chi connectivity index (χ0n) is 7.99. The van der Waals surface area contributed by atoms with Gasteiger partial charge in [0, 0.05) is 29.7 Å². The molecule has 0 unspecified atom stereocenters. The van der Waals surface area contributed by atoms with Gasteiger partial charge in [-0.1, -0.05) is 18.2 Å². The zero-order chi connectivity index (χ0) is 9.54. The van der Waals surface area contributed by atoms with Crippen LogP contribution in [0.15, 0.2) is 24.3 Å². The molecular weight excluding hydrogens is 287 g/mol. The molecule has 2 aliphatic rings. The molecule has 74 valence electrons. The Morgan fingerprint density at radius 3 is 2.07 bits per heavy atom. The fourth-order valence-electron chi connectivity index (χ4n) is 1.91. The van der Waals surface area contributed by atoms with Crippen LogP contribution >= 0.6 is 22.6 Å². The lowest BCUT2D eigenvalue weighted by Gasteiger charge is -2.20. The summed E-state index contributed by atoms with van der Waals surface area (Å²) in [6, 6.07) is 8.74. The van der Waals surface area contributed by atoms with E-state index < -0.39 is 0 Å². The molecule has 2 nitrogen and oxygen atoms in total. The first kappa shape index (κ1) is 9.12. The third-order valence-corrected chi connectivity index (χ3v) is 3.82. The predicted octanol–water partition coefficient (Wildman–Crippen LogP) is 1.92. The molecular formula is C11H13IN2. The van der Waals surface area contributed by atoms with Crippen LogP contribution in [0.1, 0.15) is 11.7 Å². The van der Waals surface area contributed by atoms with Gasteiger partial charge in [-0.2, -0.15) is 0 Å². The third-order valence-electron chi connectivity index (χ3n) is 2.84. The van der Waals surface area contributed by atoms with Gasteiger partial charge in [-0.15, -0.1) is 0 Å². The summed E-state index contributed by atoms with van der Waals surface area (Å²) >= 11 is 2.44. The van der Waals surface area contributed by atoms with Gasteiger partial charge in [0.1, 0.15) is 0 Å². The second-order valence-corrected chi connectivity index (χ2v) is 5.13. The molecule has 0 amide bonds. The molecule has 0 atom stereocenters. The number of hydrogen-bond donors (Lipinski definition) is 0. The number of rotatable bonds is 3. The molecule has 1 aromatic rings. The molecule has 0 aliphatic carbocycles. The van der Waals surface area contributed by atoms with Crippen molar-refractivity contribution in [3.63, 3.8) is 0 Å². The number of benzene rings is 1. The van der Waals surface area contributed by atoms with Gasteiger partial charge in [-0.3, -0.25) is 9.80 Å². The van der Waals surface area contributed by atoms with Crippen molar-refractivity contribution in [2.24, 2.45) is 0 Å². The van der Waals surface area contributed by atoms with Crippen LogP contribution in [-0.4, -0.2) is 36.0 Å². The smallest absolute Gasteiger partial charge is 0.0898 e. The maximum atomic E-state index is 2.53. The van der Waals surface area contributed by atoms with Crippen molar-refractivity contribution in [1.82, 2.24) is 9.80 Å². The summed E-state index contributed by atoms with van der Waals surface area (Å²) in [5, 5.41) is 0. The lowest BCUT2D eigenvalue weighted by Crippen LogP contribution is -2.19. The molecule has 3 rings (SSSR count). The van der Waals surface area contributed by atoms with Crippen molar-refractivity contribution < 1.29 is 0 Å². The third kappa shape index (κ3) is 1.68. The highest BCUT2D eigenvalue weighted by atomic mass is 127. The molecule has 3 heteroatoms. The van der Waals surface area contributed by atoms with Crippen molar-refractivity contribution in [3.8, 4) is 0 Å². The van der Waals surface area contributed by atoms with Crippen LogP contribution in [0.2, 0.25) is 0 Å². The predicted molar refractivity (Wildman–Crippen MR) is 65.0 cm³/mol. The average Bonchev–Trinajstić information content (AvgIpc) is 2.99. The summed E-state index contributed by atoms with van der Waals surface area (Å²) in [5.41, 5.74) is 1.49. The quantitative estimate of drug-likeness (QED) is 0.621. The van der Waals surface area contributed by atoms with E-state index in [1.54, 1.807) is 0 Å². The van der Waals surface area contributed by atoms with Gasteiger partial charge in [0.2, 0.25) is 0 Å². The summed E-state index contributed by atoms with van der Waals surface area (Å²) in [6.07, 6.45) is 0.572. The highest BCUT2D eigenvalue weighted by molar-refractivity contribution is 14.1. The van der Waals surface area contributed by atoms with Crippen molar-refractivity contribution in [2.45, 2.75) is 6.17 Å². The Balaban J connectivity index is 1.93. The maximum absolute atomic E-state index is 2.53. The van der Waals surface area contributed by atoms with Gasteiger partial charge in [0.15, 0.2) is 0 Å². The highest BCUT2D eigenvalue weighted by Crippen LogP contribution is 2.35. The lowest BCUT2D eigenvalue weighted by atomic mass is 10.2. The first-order valence-corrected chi connectivity index (χ1v) is 6.17. The molecule has 2 aliphatic heterocycles. The van der Waals surface area contributed by atoms with Crippen molar-refractivity contribution in [2.75, 3.05) is 26.2 Å². The van der Waals surface area contributed by atoms with E-state index in [4.69, 9.17) is 0 Å². The Morgan fingerprint density at radius 2 is 1.57 bits per heavy atom. The van der Waals surface area contributed by atoms with Gasteiger partial charge in [-0.25, -0.2) is 0 Å². The van der Waals surface area contributed by atoms with E-state index in [1.165, 1.54) is 35.3 Å². The van der Waals surface area contributed by atoms with Gasteiger partial charge in [0.05, 0.1) is 6.17 Å². The second-order valence-electron chi connectivity index (χ2n) is 3.97. The standard InChI is InChI=1S/C11H13IN2/c12-10-4-2-1-3-9(10)11(13-5-6-13)14-7-8-14/h1-4,11H,5-8H2. The summed E-state index contributed by atoms with van der Waals surface area (Å²) in [6.45, 7) is 5.08. The van der Waals surface area contributed by atoms with E-state index >= 15 is 0 Å². The van der Waals surface area contributed by atoms with Crippen LogP contribution in [0, 0.1) is 3.57 Å². The molecule has 0 N–H and O–H groups in total. The number of halogens is 1. The normalized spacial score (nSPS) is 21.6. The molecule has 2 saturated heterocycles. The zero-order valence-corrected chi connectivity index (χ0v) is 10.1. The van der Waals surface area contributed by atoms with Crippen LogP contribution in [0.3, 0.4) is 0 Å². The fourth-order valence-corrected chi connectivity index (χ4v) is 2.58. The molecule has 0 radical (unpaired) electrons. The Hall–Kier alpha value is -0.130. The maximum Gasteiger partial charge on any atom is 0.0898 e. The fraction of sp³-hybridized carbons (Fsp3) is 0.455. The molecule has 0 aromatic heterocycles. The molecule has 1 aromatic carbocycles. The lowest BCUT2D eigenvalue weighted by molar-refractivity contribution is 0.253. The summed E-state index contributed by atoms with van der Waals surface area (Å²) < 4.78 is 1.40. The van der Waals surface area contributed by atoms with Crippen LogP contribution < -0.4 is 0 Å². The molecule has 0 saturated carbocycles. The minimum Gasteiger partial charge on any atom is -0.282 e. The minimum absolute atomic E-state index is 0.572. The number of hydrogen-bond acceptors (Lipinski definition) is 2. The van der Waals surface area contributed by atoms with Crippen LogP contribution in [-0.2, 0) is 0 Å². The van der Waals surface area contributed by atoms with E-state index in [9.17, 15) is 0 Å². The minimum atomic E-state index is 0.572. The Labute approximate surface area is 98.0 Å². The van der Waals surface area contributed by atoms with Crippen LogP contribution in [0.4, 0.5) is 0 Å². The van der Waals surface area contributed by atoms with Gasteiger partial charge >= 0.3 is 0 Å².